The molecule has 3 fully saturated rings. The zero-order chi connectivity index (χ0) is 27.6. The maximum absolute atomic E-state index is 12.3. The third-order valence-electron chi connectivity index (χ3n) is 11.9. The zero-order valence-electron chi connectivity index (χ0n) is 25.6. The number of carbonyl (C=O) groups is 1. The lowest BCUT2D eigenvalue weighted by Gasteiger charge is -2.58. The third kappa shape index (κ3) is 6.31. The van der Waals surface area contributed by atoms with Crippen LogP contribution in [-0.4, -0.2) is 29.4 Å². The van der Waals surface area contributed by atoms with E-state index in [9.17, 15) is 9.90 Å². The Balaban J connectivity index is 1.27. The van der Waals surface area contributed by atoms with Gasteiger partial charge in [-0.2, -0.15) is 0 Å². The van der Waals surface area contributed by atoms with Crippen molar-refractivity contribution in [3.05, 3.63) is 11.6 Å². The molecule has 4 aliphatic rings. The van der Waals surface area contributed by atoms with E-state index in [1.165, 1.54) is 64.2 Å². The summed E-state index contributed by atoms with van der Waals surface area (Å²) < 4.78 is 5.80. The normalized spacial score (nSPS) is 37.4. The highest BCUT2D eigenvalue weighted by Crippen LogP contribution is 2.67. The highest BCUT2D eigenvalue weighted by Gasteiger charge is 2.59. The predicted octanol–water partition coefficient (Wildman–Crippen LogP) is 8.82. The average Bonchev–Trinajstić information content (AvgIpc) is 3.21. The second-order valence-electron chi connectivity index (χ2n) is 14.9. The number of alkyl carbamates (subject to hydrolysis) is 1. The Morgan fingerprint density at radius 3 is 2.66 bits per heavy atom. The molecule has 0 saturated heterocycles. The minimum absolute atomic E-state index is 0.114. The van der Waals surface area contributed by atoms with Crippen LogP contribution in [0.4, 0.5) is 4.79 Å². The summed E-state index contributed by atoms with van der Waals surface area (Å²) in [5.41, 5.74) is 1.97. The molecule has 38 heavy (non-hydrogen) atoms. The zero-order valence-corrected chi connectivity index (χ0v) is 25.6. The number of nitrogens with one attached hydrogen (secondary N) is 1. The van der Waals surface area contributed by atoms with Gasteiger partial charge in [0, 0.05) is 6.54 Å². The first-order chi connectivity index (χ1) is 18.0. The number of aliphatic hydroxyl groups is 1. The van der Waals surface area contributed by atoms with Crippen LogP contribution in [0.2, 0.25) is 0 Å². The summed E-state index contributed by atoms with van der Waals surface area (Å²) in [6, 6.07) is 0. The van der Waals surface area contributed by atoms with Gasteiger partial charge < -0.3 is 15.2 Å². The van der Waals surface area contributed by atoms with E-state index < -0.39 is 5.60 Å². The average molecular weight is 530 g/mol. The summed E-state index contributed by atoms with van der Waals surface area (Å²) in [4.78, 5) is 12.3. The molecule has 0 aromatic rings. The summed E-state index contributed by atoms with van der Waals surface area (Å²) in [6.45, 7) is 14.7. The van der Waals surface area contributed by atoms with E-state index in [0.29, 0.717) is 17.4 Å². The highest BCUT2D eigenvalue weighted by molar-refractivity contribution is 5.67. The molecular formula is C34H59NO3. The third-order valence-corrected chi connectivity index (χ3v) is 11.9. The van der Waals surface area contributed by atoms with Crippen molar-refractivity contribution in [2.24, 2.45) is 40.4 Å². The monoisotopic (exact) mass is 529 g/mol. The van der Waals surface area contributed by atoms with Gasteiger partial charge in [-0.15, -0.1) is 0 Å². The number of hydrogen-bond donors (Lipinski definition) is 2. The Morgan fingerprint density at radius 1 is 1.11 bits per heavy atom. The molecule has 0 aromatic carbocycles. The summed E-state index contributed by atoms with van der Waals surface area (Å²) >= 11 is 0. The number of fused-ring (bicyclic) bond motifs is 5. The number of carbonyl (C=O) groups excluding carboxylic acids is 1. The number of rotatable bonds is 11. The largest absolute Gasteiger partial charge is 0.444 e. The predicted molar refractivity (Wildman–Crippen MR) is 157 cm³/mol. The molecule has 4 aliphatic carbocycles. The molecule has 0 radical (unpaired) electrons. The van der Waals surface area contributed by atoms with Crippen molar-refractivity contribution in [2.45, 2.75) is 150 Å². The van der Waals surface area contributed by atoms with Gasteiger partial charge in [0.25, 0.3) is 0 Å². The number of unbranched alkanes of at least 4 members (excludes halogenated alkanes) is 3. The molecular weight excluding hydrogens is 470 g/mol. The van der Waals surface area contributed by atoms with Crippen molar-refractivity contribution in [2.75, 3.05) is 6.54 Å². The first-order valence-corrected chi connectivity index (χ1v) is 16.3. The standard InChI is InChI=1S/C34H59NO3/c1-7-8-9-10-22-35-31(37)38-32(3,4)19-11-12-24(2)28-15-16-29-27-14-13-25-23-26(36)17-20-33(25,5)30(27)18-21-34(28,29)6/h13,24,26-30,36H,7-12,14-23H2,1-6H3,(H,35,37)/t24-,26+,27+,28-,29+,30+,33+,34-/m1/s1. The van der Waals surface area contributed by atoms with Crippen LogP contribution in [0.1, 0.15) is 138 Å². The molecule has 8 atom stereocenters. The highest BCUT2D eigenvalue weighted by atomic mass is 16.6. The van der Waals surface area contributed by atoms with E-state index in [0.717, 1.165) is 61.7 Å². The van der Waals surface area contributed by atoms with Crippen LogP contribution in [0.5, 0.6) is 0 Å². The second-order valence-corrected chi connectivity index (χ2v) is 14.9. The number of amides is 1. The van der Waals surface area contributed by atoms with Crippen LogP contribution < -0.4 is 5.32 Å². The number of ether oxygens (including phenoxy) is 1. The fourth-order valence-electron chi connectivity index (χ4n) is 9.75. The van der Waals surface area contributed by atoms with E-state index >= 15 is 0 Å². The van der Waals surface area contributed by atoms with E-state index in [-0.39, 0.29) is 12.2 Å². The summed E-state index contributed by atoms with van der Waals surface area (Å²) in [5.74, 6) is 4.05. The van der Waals surface area contributed by atoms with Crippen molar-refractivity contribution >= 4 is 6.09 Å². The van der Waals surface area contributed by atoms with Crippen LogP contribution in [0, 0.1) is 40.4 Å². The van der Waals surface area contributed by atoms with Gasteiger partial charge in [-0.1, -0.05) is 65.0 Å². The molecule has 1 amide bonds. The fraction of sp³-hybridized carbons (Fsp3) is 0.912. The van der Waals surface area contributed by atoms with Crippen LogP contribution in [0.25, 0.3) is 0 Å². The van der Waals surface area contributed by atoms with E-state index in [2.05, 4.69) is 52.9 Å². The molecule has 4 rings (SSSR count). The van der Waals surface area contributed by atoms with Crippen LogP contribution in [0.15, 0.2) is 11.6 Å². The first kappa shape index (κ1) is 29.9. The van der Waals surface area contributed by atoms with E-state index in [1.54, 1.807) is 5.57 Å². The maximum Gasteiger partial charge on any atom is 0.407 e. The Hall–Kier alpha value is -1.03. The van der Waals surface area contributed by atoms with Gasteiger partial charge in [0.05, 0.1) is 6.10 Å². The van der Waals surface area contributed by atoms with Crippen molar-refractivity contribution in [3.63, 3.8) is 0 Å². The second kappa shape index (κ2) is 12.2. The molecule has 0 aliphatic heterocycles. The smallest absolute Gasteiger partial charge is 0.407 e. The van der Waals surface area contributed by atoms with Gasteiger partial charge in [0.15, 0.2) is 0 Å². The van der Waals surface area contributed by atoms with Crippen molar-refractivity contribution < 1.29 is 14.6 Å². The molecule has 0 unspecified atom stereocenters. The Kier molecular flexibility index (Phi) is 9.64. The number of hydrogen-bond acceptors (Lipinski definition) is 3. The van der Waals surface area contributed by atoms with Gasteiger partial charge >= 0.3 is 6.09 Å². The molecule has 0 heterocycles. The molecule has 218 valence electrons. The molecule has 4 heteroatoms. The van der Waals surface area contributed by atoms with Gasteiger partial charge in [0.1, 0.15) is 5.60 Å². The van der Waals surface area contributed by atoms with Gasteiger partial charge in [0.2, 0.25) is 0 Å². The van der Waals surface area contributed by atoms with Gasteiger partial charge in [-0.25, -0.2) is 4.79 Å². The van der Waals surface area contributed by atoms with Gasteiger partial charge in [-0.3, -0.25) is 0 Å². The number of allylic oxidation sites excluding steroid dienone is 1. The lowest BCUT2D eigenvalue weighted by Crippen LogP contribution is -2.50. The quantitative estimate of drug-likeness (QED) is 0.208. The Bertz CT molecular complexity index is 836. The molecule has 4 nitrogen and oxygen atoms in total. The van der Waals surface area contributed by atoms with Gasteiger partial charge in [-0.05, 0) is 125 Å². The molecule has 0 spiro atoms. The Labute approximate surface area is 234 Å². The van der Waals surface area contributed by atoms with Crippen LogP contribution >= 0.6 is 0 Å². The molecule has 2 N–H and O–H groups in total. The van der Waals surface area contributed by atoms with Crippen molar-refractivity contribution in [3.8, 4) is 0 Å². The Morgan fingerprint density at radius 2 is 1.89 bits per heavy atom. The summed E-state index contributed by atoms with van der Waals surface area (Å²) in [5, 5.41) is 13.2. The molecule has 0 aromatic heterocycles. The minimum Gasteiger partial charge on any atom is -0.444 e. The van der Waals surface area contributed by atoms with E-state index in [1.807, 2.05) is 0 Å². The van der Waals surface area contributed by atoms with Crippen LogP contribution in [-0.2, 0) is 4.74 Å². The maximum atomic E-state index is 12.3. The molecule has 0 bridgehead atoms. The van der Waals surface area contributed by atoms with Crippen molar-refractivity contribution in [1.82, 2.24) is 5.32 Å². The molecule has 3 saturated carbocycles. The lowest BCUT2D eigenvalue weighted by atomic mass is 9.47. The van der Waals surface area contributed by atoms with Crippen molar-refractivity contribution in [1.29, 1.82) is 0 Å². The summed E-state index contributed by atoms with van der Waals surface area (Å²) in [6.07, 6.45) is 20.0. The SMILES string of the molecule is CCCCCCNC(=O)OC(C)(C)CCC[C@@H](C)[C@H]1CC[C@H]2[C@@H]3CC=C4C[C@@H](O)CC[C@]4(C)[C@H]3CC[C@]12C. The number of aliphatic hydroxyl groups excluding tert-OH is 1. The van der Waals surface area contributed by atoms with Crippen LogP contribution in [0.3, 0.4) is 0 Å². The lowest BCUT2D eigenvalue weighted by molar-refractivity contribution is -0.0575. The summed E-state index contributed by atoms with van der Waals surface area (Å²) in [7, 11) is 0. The minimum atomic E-state index is -0.414. The van der Waals surface area contributed by atoms with E-state index in [4.69, 9.17) is 4.74 Å². The fourth-order valence-corrected chi connectivity index (χ4v) is 9.75. The first-order valence-electron chi connectivity index (χ1n) is 16.3. The topological polar surface area (TPSA) is 58.6 Å².